The van der Waals surface area contributed by atoms with Gasteiger partial charge in [0, 0.05) is 0 Å². The lowest BCUT2D eigenvalue weighted by Gasteiger charge is -2.02. The molecule has 0 saturated heterocycles. The average Bonchev–Trinajstić information content (AvgIpc) is 2.82. The Morgan fingerprint density at radius 2 is 2.05 bits per heavy atom. The number of rotatable bonds is 2. The van der Waals surface area contributed by atoms with Crippen LogP contribution >= 0.6 is 43.2 Å². The fraction of sp³-hybridized carbons (Fsp3) is 0.0833. The number of nitrogens with zero attached hydrogens (tertiary/aromatic N) is 3. The second-order valence-electron chi connectivity index (χ2n) is 3.84. The predicted molar refractivity (Wildman–Crippen MR) is 82.6 cm³/mol. The molecule has 1 aromatic carbocycles. The first-order chi connectivity index (χ1) is 9.15. The predicted octanol–water partition coefficient (Wildman–Crippen LogP) is 3.43. The van der Waals surface area contributed by atoms with E-state index in [-0.39, 0.29) is 5.56 Å². The Balaban J connectivity index is 2.01. The summed E-state index contributed by atoms with van der Waals surface area (Å²) in [5, 5.41) is 4.96. The maximum Gasteiger partial charge on any atom is 0.282 e. The summed E-state index contributed by atoms with van der Waals surface area (Å²) >= 11 is 8.07. The van der Waals surface area contributed by atoms with E-state index in [4.69, 9.17) is 0 Å². The first kappa shape index (κ1) is 13.0. The molecule has 0 atom stereocenters. The van der Waals surface area contributed by atoms with Gasteiger partial charge in [0.25, 0.3) is 5.56 Å². The number of thiazole rings is 1. The van der Waals surface area contributed by atoms with Crippen molar-refractivity contribution < 1.29 is 0 Å². The summed E-state index contributed by atoms with van der Waals surface area (Å²) in [6.45, 7) is 0.379. The number of aromatic nitrogens is 3. The molecule has 19 heavy (non-hydrogen) atoms. The highest BCUT2D eigenvalue weighted by molar-refractivity contribution is 9.13. The van der Waals surface area contributed by atoms with Crippen LogP contribution in [0.25, 0.3) is 10.2 Å². The summed E-state index contributed by atoms with van der Waals surface area (Å²) < 4.78 is 3.63. The molecular weight excluding hydrogens is 394 g/mol. The zero-order chi connectivity index (χ0) is 13.4. The molecule has 0 fully saturated rings. The molecule has 3 rings (SSSR count). The van der Waals surface area contributed by atoms with Gasteiger partial charge < -0.3 is 0 Å². The number of para-hydroxylation sites is 1. The molecule has 0 bridgehead atoms. The van der Waals surface area contributed by atoms with Crippen molar-refractivity contribution in [2.24, 2.45) is 0 Å². The highest BCUT2D eigenvalue weighted by Crippen LogP contribution is 2.22. The summed E-state index contributed by atoms with van der Waals surface area (Å²) in [4.78, 5) is 16.5. The second kappa shape index (κ2) is 5.15. The molecule has 3 aromatic rings. The molecule has 0 amide bonds. The summed E-state index contributed by atoms with van der Waals surface area (Å²) in [5.41, 5.74) is 0.778. The minimum atomic E-state index is -0.173. The second-order valence-corrected chi connectivity index (χ2v) is 6.61. The van der Waals surface area contributed by atoms with Crippen molar-refractivity contribution in [3.63, 3.8) is 0 Å². The van der Waals surface area contributed by atoms with Gasteiger partial charge in [0.1, 0.15) is 9.48 Å². The van der Waals surface area contributed by atoms with Gasteiger partial charge in [-0.25, -0.2) is 9.67 Å². The molecule has 0 aliphatic heterocycles. The van der Waals surface area contributed by atoms with Crippen LogP contribution in [0.5, 0.6) is 0 Å². The van der Waals surface area contributed by atoms with Gasteiger partial charge in [0.2, 0.25) is 0 Å². The fourth-order valence-corrected chi connectivity index (χ4v) is 3.19. The Labute approximate surface area is 129 Å². The van der Waals surface area contributed by atoms with Gasteiger partial charge in [-0.2, -0.15) is 5.10 Å². The zero-order valence-corrected chi connectivity index (χ0v) is 13.5. The van der Waals surface area contributed by atoms with Crippen molar-refractivity contribution in [2.45, 2.75) is 6.54 Å². The zero-order valence-electron chi connectivity index (χ0n) is 9.51. The smallest absolute Gasteiger partial charge is 0.266 e. The van der Waals surface area contributed by atoms with E-state index in [0.29, 0.717) is 15.5 Å². The molecule has 0 unspecified atom stereocenters. The first-order valence-electron chi connectivity index (χ1n) is 5.41. The van der Waals surface area contributed by atoms with Crippen molar-refractivity contribution >= 4 is 53.4 Å². The number of halogens is 2. The van der Waals surface area contributed by atoms with Crippen molar-refractivity contribution in [3.05, 3.63) is 54.8 Å². The van der Waals surface area contributed by atoms with Gasteiger partial charge in [0.05, 0.1) is 27.4 Å². The van der Waals surface area contributed by atoms with Crippen molar-refractivity contribution in [2.75, 3.05) is 0 Å². The van der Waals surface area contributed by atoms with Crippen LogP contribution in [-0.4, -0.2) is 14.8 Å². The van der Waals surface area contributed by atoms with Crippen LogP contribution in [0.4, 0.5) is 0 Å². The van der Waals surface area contributed by atoms with Crippen molar-refractivity contribution in [3.8, 4) is 0 Å². The maximum absolute atomic E-state index is 12.0. The number of hydrogen-bond acceptors (Lipinski definition) is 4. The monoisotopic (exact) mass is 399 g/mol. The lowest BCUT2D eigenvalue weighted by atomic mass is 10.3. The topological polar surface area (TPSA) is 47.8 Å². The van der Waals surface area contributed by atoms with E-state index in [2.05, 4.69) is 41.9 Å². The van der Waals surface area contributed by atoms with E-state index < -0.39 is 0 Å². The summed E-state index contributed by atoms with van der Waals surface area (Å²) in [6, 6.07) is 7.91. The summed E-state index contributed by atoms with van der Waals surface area (Å²) in [6.07, 6.45) is 1.60. The van der Waals surface area contributed by atoms with Crippen LogP contribution in [0.3, 0.4) is 0 Å². The molecule has 96 valence electrons. The van der Waals surface area contributed by atoms with E-state index in [9.17, 15) is 4.79 Å². The third-order valence-electron chi connectivity index (χ3n) is 2.57. The largest absolute Gasteiger partial charge is 0.282 e. The van der Waals surface area contributed by atoms with Gasteiger partial charge in [-0.3, -0.25) is 4.79 Å². The number of hydrogen-bond donors (Lipinski definition) is 0. The third kappa shape index (κ3) is 2.50. The van der Waals surface area contributed by atoms with Gasteiger partial charge in [0.15, 0.2) is 0 Å². The SMILES string of the molecule is O=c1c(Br)c(Br)cnn1Cc1nc2ccccc2s1. The van der Waals surface area contributed by atoms with E-state index in [1.54, 1.807) is 17.5 Å². The van der Waals surface area contributed by atoms with Crippen LogP contribution in [0.2, 0.25) is 0 Å². The molecule has 0 radical (unpaired) electrons. The summed E-state index contributed by atoms with van der Waals surface area (Å²) in [5.74, 6) is 0. The van der Waals surface area contributed by atoms with Crippen molar-refractivity contribution in [1.82, 2.24) is 14.8 Å². The first-order valence-corrected chi connectivity index (χ1v) is 7.81. The highest BCUT2D eigenvalue weighted by atomic mass is 79.9. The minimum Gasteiger partial charge on any atom is -0.266 e. The van der Waals surface area contributed by atoms with Crippen LogP contribution < -0.4 is 5.56 Å². The fourth-order valence-electron chi connectivity index (χ4n) is 1.67. The molecule has 0 aliphatic carbocycles. The van der Waals surface area contributed by atoms with Crippen molar-refractivity contribution in [1.29, 1.82) is 0 Å². The molecule has 0 aliphatic rings. The Morgan fingerprint density at radius 3 is 2.84 bits per heavy atom. The highest BCUT2D eigenvalue weighted by Gasteiger charge is 2.09. The van der Waals surface area contributed by atoms with E-state index in [1.807, 2.05) is 24.3 Å². The summed E-state index contributed by atoms with van der Waals surface area (Å²) in [7, 11) is 0. The van der Waals surface area contributed by atoms with Gasteiger partial charge >= 0.3 is 0 Å². The Bertz CT molecular complexity index is 779. The number of fused-ring (bicyclic) bond motifs is 1. The molecule has 0 saturated carbocycles. The molecule has 0 N–H and O–H groups in total. The Morgan fingerprint density at radius 1 is 1.26 bits per heavy atom. The van der Waals surface area contributed by atoms with E-state index in [0.717, 1.165) is 15.2 Å². The molecule has 0 spiro atoms. The molecule has 4 nitrogen and oxygen atoms in total. The standard InChI is InChI=1S/C12H7Br2N3OS/c13-7-5-15-17(12(18)11(7)14)6-10-16-8-3-1-2-4-9(8)19-10/h1-5H,6H2. The van der Waals surface area contributed by atoms with Crippen LogP contribution in [-0.2, 0) is 6.54 Å². The normalized spacial score (nSPS) is 11.1. The van der Waals surface area contributed by atoms with Gasteiger partial charge in [-0.1, -0.05) is 12.1 Å². The Hall–Kier alpha value is -1.05. The van der Waals surface area contributed by atoms with Gasteiger partial charge in [-0.15, -0.1) is 11.3 Å². The third-order valence-corrected chi connectivity index (χ3v) is 5.49. The minimum absolute atomic E-state index is 0.173. The lowest BCUT2D eigenvalue weighted by molar-refractivity contribution is 0.631. The Kier molecular flexibility index (Phi) is 3.51. The molecular formula is C12H7Br2N3OS. The number of benzene rings is 1. The maximum atomic E-state index is 12.0. The molecule has 2 heterocycles. The van der Waals surface area contributed by atoms with Crippen LogP contribution in [0.15, 0.2) is 44.2 Å². The van der Waals surface area contributed by atoms with Gasteiger partial charge in [-0.05, 0) is 44.0 Å². The average molecular weight is 401 g/mol. The quantitative estimate of drug-likeness (QED) is 0.662. The molecule has 7 heteroatoms. The van der Waals surface area contributed by atoms with E-state index >= 15 is 0 Å². The molecule has 2 aromatic heterocycles. The lowest BCUT2D eigenvalue weighted by Crippen LogP contribution is -2.23. The van der Waals surface area contributed by atoms with Crippen LogP contribution in [0, 0.1) is 0 Å². The van der Waals surface area contributed by atoms with E-state index in [1.165, 1.54) is 4.68 Å². The van der Waals surface area contributed by atoms with Crippen LogP contribution in [0.1, 0.15) is 5.01 Å².